The SMILES string of the molecule is COc1ccc([O-])cc1N=Nc1ccc2ccccc2c1O.[Na+]. The molecule has 6 heteroatoms. The Labute approximate surface area is 155 Å². The summed E-state index contributed by atoms with van der Waals surface area (Å²) in [6.07, 6.45) is 0. The van der Waals surface area contributed by atoms with E-state index >= 15 is 0 Å². The predicted molar refractivity (Wildman–Crippen MR) is 82.2 cm³/mol. The number of azo groups is 1. The molecule has 0 unspecified atom stereocenters. The third-order valence-corrected chi connectivity index (χ3v) is 3.30. The largest absolute Gasteiger partial charge is 1.00 e. The van der Waals surface area contributed by atoms with Gasteiger partial charge in [0.15, 0.2) is 5.75 Å². The number of methoxy groups -OCH3 is 1. The molecule has 0 atom stereocenters. The smallest absolute Gasteiger partial charge is 0.872 e. The second-order valence-electron chi connectivity index (χ2n) is 4.69. The molecule has 3 rings (SSSR count). The van der Waals surface area contributed by atoms with Crippen LogP contribution in [0.15, 0.2) is 64.8 Å². The molecule has 110 valence electrons. The summed E-state index contributed by atoms with van der Waals surface area (Å²) in [5, 5.41) is 31.3. The van der Waals surface area contributed by atoms with Crippen LogP contribution in [0.1, 0.15) is 0 Å². The first-order valence-corrected chi connectivity index (χ1v) is 6.66. The van der Waals surface area contributed by atoms with Gasteiger partial charge in [-0.15, -0.1) is 16.0 Å². The summed E-state index contributed by atoms with van der Waals surface area (Å²) in [6, 6.07) is 15.2. The molecule has 0 saturated heterocycles. The van der Waals surface area contributed by atoms with E-state index in [-0.39, 0.29) is 41.1 Å². The van der Waals surface area contributed by atoms with Crippen LogP contribution in [0.25, 0.3) is 10.8 Å². The molecule has 0 radical (unpaired) electrons. The van der Waals surface area contributed by atoms with Crippen molar-refractivity contribution in [1.29, 1.82) is 0 Å². The summed E-state index contributed by atoms with van der Waals surface area (Å²) < 4.78 is 5.13. The van der Waals surface area contributed by atoms with Crippen molar-refractivity contribution in [1.82, 2.24) is 0 Å². The fraction of sp³-hybridized carbons (Fsp3) is 0.0588. The molecule has 23 heavy (non-hydrogen) atoms. The van der Waals surface area contributed by atoms with Gasteiger partial charge in [-0.25, -0.2) is 0 Å². The Morgan fingerprint density at radius 2 is 1.70 bits per heavy atom. The molecule has 0 heterocycles. The van der Waals surface area contributed by atoms with Crippen LogP contribution >= 0.6 is 0 Å². The van der Waals surface area contributed by atoms with Crippen molar-refractivity contribution in [2.24, 2.45) is 10.2 Å². The van der Waals surface area contributed by atoms with Gasteiger partial charge in [0.05, 0.1) is 7.11 Å². The van der Waals surface area contributed by atoms with Gasteiger partial charge in [0.1, 0.15) is 17.1 Å². The normalized spacial score (nSPS) is 10.7. The van der Waals surface area contributed by atoms with Crippen LogP contribution in [-0.2, 0) is 0 Å². The number of hydrogen-bond acceptors (Lipinski definition) is 5. The summed E-state index contributed by atoms with van der Waals surface area (Å²) >= 11 is 0. The van der Waals surface area contributed by atoms with E-state index in [9.17, 15) is 10.2 Å². The van der Waals surface area contributed by atoms with Crippen LogP contribution in [0.2, 0.25) is 0 Å². The average molecular weight is 316 g/mol. The van der Waals surface area contributed by atoms with E-state index in [0.717, 1.165) is 5.39 Å². The van der Waals surface area contributed by atoms with Crippen LogP contribution in [0.4, 0.5) is 11.4 Å². The molecular formula is C17H13N2NaO3. The number of hydrogen-bond donors (Lipinski definition) is 1. The number of phenolic OH excluding ortho intramolecular Hbond substituents is 1. The summed E-state index contributed by atoms with van der Waals surface area (Å²) in [6.45, 7) is 0. The topological polar surface area (TPSA) is 77.2 Å². The first-order valence-electron chi connectivity index (χ1n) is 6.66. The zero-order chi connectivity index (χ0) is 15.5. The van der Waals surface area contributed by atoms with Crippen molar-refractivity contribution in [2.75, 3.05) is 7.11 Å². The van der Waals surface area contributed by atoms with E-state index in [4.69, 9.17) is 4.74 Å². The zero-order valence-corrected chi connectivity index (χ0v) is 14.9. The van der Waals surface area contributed by atoms with E-state index in [1.165, 1.54) is 25.3 Å². The molecule has 1 N–H and O–H groups in total. The van der Waals surface area contributed by atoms with Gasteiger partial charge in [-0.2, -0.15) is 0 Å². The zero-order valence-electron chi connectivity index (χ0n) is 12.9. The summed E-state index contributed by atoms with van der Waals surface area (Å²) in [7, 11) is 1.49. The number of benzene rings is 3. The molecule has 3 aromatic rings. The van der Waals surface area contributed by atoms with Gasteiger partial charge in [0.25, 0.3) is 0 Å². The fourth-order valence-electron chi connectivity index (χ4n) is 2.18. The van der Waals surface area contributed by atoms with Crippen LogP contribution in [0, 0.1) is 0 Å². The fourth-order valence-corrected chi connectivity index (χ4v) is 2.18. The van der Waals surface area contributed by atoms with Gasteiger partial charge in [0.2, 0.25) is 0 Å². The Hall–Kier alpha value is -2.08. The second-order valence-corrected chi connectivity index (χ2v) is 4.69. The Kier molecular flexibility index (Phi) is 5.60. The van der Waals surface area contributed by atoms with Gasteiger partial charge in [-0.05, 0) is 23.6 Å². The van der Waals surface area contributed by atoms with Crippen molar-refractivity contribution in [3.05, 3.63) is 54.6 Å². The maximum absolute atomic E-state index is 11.4. The molecule has 0 amide bonds. The second kappa shape index (κ2) is 7.46. The Bertz CT molecular complexity index is 866. The number of fused-ring (bicyclic) bond motifs is 1. The first kappa shape index (κ1) is 17.3. The third kappa shape index (κ3) is 3.64. The first-order chi connectivity index (χ1) is 10.7. The maximum atomic E-state index is 11.4. The molecule has 0 aromatic heterocycles. The van der Waals surface area contributed by atoms with Crippen molar-refractivity contribution in [2.45, 2.75) is 0 Å². The van der Waals surface area contributed by atoms with E-state index < -0.39 is 0 Å². The Morgan fingerprint density at radius 3 is 2.48 bits per heavy atom. The van der Waals surface area contributed by atoms with Crippen LogP contribution in [0.5, 0.6) is 17.2 Å². The molecule has 0 fully saturated rings. The average Bonchev–Trinajstić information content (AvgIpc) is 2.55. The standard InChI is InChI=1S/C17H14N2O3.Na/c1-22-16-9-7-12(20)10-15(16)19-18-14-8-6-11-4-2-3-5-13(11)17(14)21;/h2-10,20-21H,1H3;/q;+1/p-1. The number of aromatic hydroxyl groups is 1. The molecule has 0 saturated carbocycles. The number of rotatable bonds is 3. The minimum absolute atomic E-state index is 0. The quantitative estimate of drug-likeness (QED) is 0.579. The minimum atomic E-state index is -0.183. The van der Waals surface area contributed by atoms with Crippen molar-refractivity contribution < 1.29 is 44.5 Å². The number of ether oxygens (including phenoxy) is 1. The number of nitrogens with zero attached hydrogens (tertiary/aromatic N) is 2. The van der Waals surface area contributed by atoms with E-state index in [1.807, 2.05) is 30.3 Å². The van der Waals surface area contributed by atoms with Crippen LogP contribution in [-0.4, -0.2) is 12.2 Å². The van der Waals surface area contributed by atoms with Gasteiger partial charge in [-0.1, -0.05) is 36.4 Å². The molecule has 0 spiro atoms. The van der Waals surface area contributed by atoms with Crippen LogP contribution < -0.4 is 39.4 Å². The maximum Gasteiger partial charge on any atom is 1.00 e. The van der Waals surface area contributed by atoms with E-state index in [0.29, 0.717) is 22.5 Å². The van der Waals surface area contributed by atoms with Gasteiger partial charge < -0.3 is 14.9 Å². The molecule has 3 aromatic carbocycles. The third-order valence-electron chi connectivity index (χ3n) is 3.30. The molecule has 5 nitrogen and oxygen atoms in total. The molecule has 0 aliphatic rings. The van der Waals surface area contributed by atoms with Gasteiger partial charge in [-0.3, -0.25) is 0 Å². The Morgan fingerprint density at radius 1 is 0.957 bits per heavy atom. The summed E-state index contributed by atoms with van der Waals surface area (Å²) in [4.78, 5) is 0. The molecule has 0 bridgehead atoms. The van der Waals surface area contributed by atoms with Crippen molar-refractivity contribution >= 4 is 22.1 Å². The van der Waals surface area contributed by atoms with Crippen molar-refractivity contribution in [3.63, 3.8) is 0 Å². The monoisotopic (exact) mass is 316 g/mol. The summed E-state index contributed by atoms with van der Waals surface area (Å²) in [5.41, 5.74) is 0.652. The molecular weight excluding hydrogens is 303 g/mol. The van der Waals surface area contributed by atoms with E-state index in [2.05, 4.69) is 10.2 Å². The predicted octanol–water partition coefficient (Wildman–Crippen LogP) is 1.05. The van der Waals surface area contributed by atoms with Crippen LogP contribution in [0.3, 0.4) is 0 Å². The van der Waals surface area contributed by atoms with Gasteiger partial charge >= 0.3 is 29.6 Å². The molecule has 0 aliphatic heterocycles. The van der Waals surface area contributed by atoms with Crippen molar-refractivity contribution in [3.8, 4) is 17.2 Å². The molecule has 0 aliphatic carbocycles. The number of phenols is 1. The van der Waals surface area contributed by atoms with E-state index in [1.54, 1.807) is 6.07 Å². The Balaban J connectivity index is 0.00000192. The minimum Gasteiger partial charge on any atom is -0.872 e. The summed E-state index contributed by atoms with van der Waals surface area (Å²) in [5.74, 6) is 0.320. The van der Waals surface area contributed by atoms with Gasteiger partial charge in [0, 0.05) is 5.39 Å².